The van der Waals surface area contributed by atoms with Crippen molar-refractivity contribution in [2.24, 2.45) is 5.92 Å². The van der Waals surface area contributed by atoms with Gasteiger partial charge in [-0.05, 0) is 36.0 Å². The fourth-order valence-corrected chi connectivity index (χ4v) is 5.04. The number of fused-ring (bicyclic) bond motifs is 4. The molecule has 0 aromatic heterocycles. The summed E-state index contributed by atoms with van der Waals surface area (Å²) >= 11 is 0. The molecule has 2 aromatic carbocycles. The highest BCUT2D eigenvalue weighted by molar-refractivity contribution is 5.86. The van der Waals surface area contributed by atoms with Gasteiger partial charge in [-0.15, -0.1) is 0 Å². The lowest BCUT2D eigenvalue weighted by Gasteiger charge is -2.49. The number of benzene rings is 2. The van der Waals surface area contributed by atoms with Crippen molar-refractivity contribution in [1.82, 2.24) is 0 Å². The normalized spacial score (nSPS) is 37.6. The van der Waals surface area contributed by atoms with Crippen LogP contribution in [0.1, 0.15) is 44.1 Å². The Morgan fingerprint density at radius 2 is 1.84 bits per heavy atom. The maximum atomic E-state index is 6.53. The van der Waals surface area contributed by atoms with Crippen LogP contribution < -0.4 is 0 Å². The van der Waals surface area contributed by atoms with E-state index in [-0.39, 0.29) is 0 Å². The molecule has 3 saturated heterocycles. The molecule has 1 spiro atoms. The van der Waals surface area contributed by atoms with E-state index in [9.17, 15) is 0 Å². The summed E-state index contributed by atoms with van der Waals surface area (Å²) in [4.78, 5) is 12.2. The van der Waals surface area contributed by atoms with Crippen LogP contribution in [0.25, 0.3) is 10.8 Å². The van der Waals surface area contributed by atoms with E-state index in [0.717, 1.165) is 43.1 Å². The van der Waals surface area contributed by atoms with Gasteiger partial charge in [-0.3, -0.25) is 0 Å². The fraction of sp³-hybridized carbons (Fsp3) is 0.524. The van der Waals surface area contributed by atoms with Crippen molar-refractivity contribution in [3.8, 4) is 0 Å². The van der Waals surface area contributed by atoms with Gasteiger partial charge in [0, 0.05) is 19.1 Å². The van der Waals surface area contributed by atoms with Gasteiger partial charge in [-0.2, -0.15) is 4.89 Å². The van der Waals surface area contributed by atoms with Gasteiger partial charge in [-0.25, -0.2) is 4.89 Å². The molecule has 4 heteroatoms. The molecule has 1 unspecified atom stereocenters. The van der Waals surface area contributed by atoms with Crippen molar-refractivity contribution in [3.05, 3.63) is 48.0 Å². The first kappa shape index (κ1) is 15.8. The van der Waals surface area contributed by atoms with Crippen molar-refractivity contribution in [2.45, 2.75) is 56.2 Å². The average molecular weight is 340 g/mol. The van der Waals surface area contributed by atoms with Gasteiger partial charge in [-0.1, -0.05) is 55.3 Å². The van der Waals surface area contributed by atoms with Crippen LogP contribution in [0, 0.1) is 5.92 Å². The minimum Gasteiger partial charge on any atom is -0.353 e. The van der Waals surface area contributed by atoms with E-state index >= 15 is 0 Å². The maximum absolute atomic E-state index is 6.53. The molecule has 132 valence electrons. The van der Waals surface area contributed by atoms with Crippen molar-refractivity contribution >= 4 is 10.8 Å². The lowest BCUT2D eigenvalue weighted by atomic mass is 9.73. The van der Waals surface area contributed by atoms with Crippen LogP contribution in [-0.2, 0) is 25.0 Å². The second-order valence-electron chi connectivity index (χ2n) is 7.57. The highest BCUT2D eigenvalue weighted by Crippen LogP contribution is 2.55. The summed E-state index contributed by atoms with van der Waals surface area (Å²) in [5, 5.41) is 2.32. The van der Waals surface area contributed by atoms with E-state index in [4.69, 9.17) is 19.2 Å². The van der Waals surface area contributed by atoms with E-state index in [0.29, 0.717) is 5.92 Å². The smallest absolute Gasteiger partial charge is 0.230 e. The molecule has 2 bridgehead atoms. The monoisotopic (exact) mass is 340 g/mol. The Morgan fingerprint density at radius 3 is 2.76 bits per heavy atom. The first-order chi connectivity index (χ1) is 12.3. The van der Waals surface area contributed by atoms with Crippen LogP contribution in [-0.4, -0.2) is 19.0 Å². The van der Waals surface area contributed by atoms with E-state index in [1.807, 2.05) is 0 Å². The molecule has 4 aliphatic rings. The summed E-state index contributed by atoms with van der Waals surface area (Å²) in [6, 6.07) is 14.6. The third kappa shape index (κ3) is 2.21. The van der Waals surface area contributed by atoms with Crippen LogP contribution in [0.5, 0.6) is 0 Å². The van der Waals surface area contributed by atoms with Crippen LogP contribution in [0.15, 0.2) is 42.5 Å². The zero-order chi connectivity index (χ0) is 16.9. The van der Waals surface area contributed by atoms with Crippen molar-refractivity contribution in [2.75, 3.05) is 7.11 Å². The summed E-state index contributed by atoms with van der Waals surface area (Å²) < 4.78 is 12.3. The number of hydrogen-bond donors (Lipinski definition) is 0. The second-order valence-corrected chi connectivity index (χ2v) is 7.57. The van der Waals surface area contributed by atoms with E-state index in [1.54, 1.807) is 7.11 Å². The summed E-state index contributed by atoms with van der Waals surface area (Å²) in [6.07, 6.45) is 5.88. The standard InChI is InChI=1S/C21H24O4/c1-22-19-20-13-5-4-9-16(20)12-14-21(23-19,25-24-20)18-11-6-8-15-7-2-3-10-17(15)18/h2-3,6-8,10-11,16,19H,4-5,9,12-14H2,1H3/t16-,19?,20+,21+/m1/s1. The van der Waals surface area contributed by atoms with E-state index < -0.39 is 17.7 Å². The zero-order valence-electron chi connectivity index (χ0n) is 14.6. The predicted octanol–water partition coefficient (Wildman–Crippen LogP) is 4.67. The van der Waals surface area contributed by atoms with Crippen LogP contribution in [0.4, 0.5) is 0 Å². The Hall–Kier alpha value is -1.46. The quantitative estimate of drug-likeness (QED) is 0.745. The van der Waals surface area contributed by atoms with Gasteiger partial charge in [0.15, 0.2) is 11.9 Å². The molecule has 4 atom stereocenters. The Kier molecular flexibility index (Phi) is 3.64. The molecule has 0 amide bonds. The van der Waals surface area contributed by atoms with E-state index in [1.165, 1.54) is 11.8 Å². The first-order valence-corrected chi connectivity index (χ1v) is 9.33. The predicted molar refractivity (Wildman–Crippen MR) is 93.6 cm³/mol. The summed E-state index contributed by atoms with van der Waals surface area (Å²) in [5.41, 5.74) is 0.568. The molecule has 25 heavy (non-hydrogen) atoms. The Balaban J connectivity index is 1.64. The number of hydrogen-bond acceptors (Lipinski definition) is 4. The molecule has 2 aromatic rings. The van der Waals surface area contributed by atoms with Gasteiger partial charge in [0.2, 0.25) is 5.79 Å². The molecule has 4 nitrogen and oxygen atoms in total. The minimum atomic E-state index is -0.899. The molecule has 1 saturated carbocycles. The maximum Gasteiger partial charge on any atom is 0.230 e. The van der Waals surface area contributed by atoms with Crippen molar-refractivity contribution in [1.29, 1.82) is 0 Å². The molecule has 0 radical (unpaired) electrons. The zero-order valence-corrected chi connectivity index (χ0v) is 14.6. The molecule has 6 rings (SSSR count). The summed E-state index contributed by atoms with van der Waals surface area (Å²) in [6.45, 7) is 0. The Bertz CT molecular complexity index is 781. The second kappa shape index (κ2) is 5.78. The third-order valence-electron chi connectivity index (χ3n) is 6.32. The van der Waals surface area contributed by atoms with Gasteiger partial charge >= 0.3 is 0 Å². The van der Waals surface area contributed by atoms with Crippen LogP contribution in [0.3, 0.4) is 0 Å². The minimum absolute atomic E-state index is 0.395. The Morgan fingerprint density at radius 1 is 0.960 bits per heavy atom. The highest BCUT2D eigenvalue weighted by Gasteiger charge is 2.62. The molecule has 3 heterocycles. The molecule has 3 aliphatic heterocycles. The van der Waals surface area contributed by atoms with Gasteiger partial charge in [0.1, 0.15) is 0 Å². The lowest BCUT2D eigenvalue weighted by Crippen LogP contribution is -2.59. The molecule has 1 aliphatic carbocycles. The SMILES string of the molecule is COC1O[C@@]2(c3cccc4ccccc34)CC[C@H]3CCCC[C@@]13OO2. The molecular formula is C21H24O4. The molecule has 4 fully saturated rings. The van der Waals surface area contributed by atoms with Crippen molar-refractivity contribution < 1.29 is 19.2 Å². The van der Waals surface area contributed by atoms with E-state index in [2.05, 4.69) is 42.5 Å². The van der Waals surface area contributed by atoms with Crippen molar-refractivity contribution in [3.63, 3.8) is 0 Å². The lowest BCUT2D eigenvalue weighted by molar-refractivity contribution is -0.558. The number of rotatable bonds is 2. The molecule has 0 N–H and O–H groups in total. The largest absolute Gasteiger partial charge is 0.353 e. The number of methoxy groups -OCH3 is 1. The highest BCUT2D eigenvalue weighted by atomic mass is 17.3. The van der Waals surface area contributed by atoms with Gasteiger partial charge in [0.25, 0.3) is 0 Å². The summed E-state index contributed by atoms with van der Waals surface area (Å²) in [5.74, 6) is -0.477. The van der Waals surface area contributed by atoms with Crippen LogP contribution in [0.2, 0.25) is 0 Å². The van der Waals surface area contributed by atoms with Crippen LogP contribution >= 0.6 is 0 Å². The Labute approximate surface area is 147 Å². The topological polar surface area (TPSA) is 36.9 Å². The first-order valence-electron chi connectivity index (χ1n) is 9.33. The third-order valence-corrected chi connectivity index (χ3v) is 6.32. The van der Waals surface area contributed by atoms with Gasteiger partial charge < -0.3 is 9.47 Å². The average Bonchev–Trinajstić information content (AvgIpc) is 2.93. The fourth-order valence-electron chi connectivity index (χ4n) is 5.04. The number of ether oxygens (including phenoxy) is 2. The molecular weight excluding hydrogens is 316 g/mol. The summed E-state index contributed by atoms with van der Waals surface area (Å²) in [7, 11) is 1.71. The van der Waals surface area contributed by atoms with Gasteiger partial charge in [0.05, 0.1) is 0 Å².